The van der Waals surface area contributed by atoms with E-state index in [1.165, 1.54) is 11.4 Å². The van der Waals surface area contributed by atoms with Crippen LogP contribution in [0.1, 0.15) is 32.6 Å². The molecule has 2 N–H and O–H groups in total. The summed E-state index contributed by atoms with van der Waals surface area (Å²) in [5.74, 6) is -0.918. The van der Waals surface area contributed by atoms with Crippen molar-refractivity contribution >= 4 is 16.2 Å². The molecule has 0 atom stereocenters. The summed E-state index contributed by atoms with van der Waals surface area (Å²) in [5, 5.41) is 8.38. The Kier molecular flexibility index (Phi) is 7.27. The maximum absolute atomic E-state index is 11.5. The molecule has 0 unspecified atom stereocenters. The summed E-state index contributed by atoms with van der Waals surface area (Å²) in [6.07, 6.45) is 2.02. The van der Waals surface area contributed by atoms with Crippen molar-refractivity contribution in [1.29, 1.82) is 0 Å². The van der Waals surface area contributed by atoms with Crippen molar-refractivity contribution in [3.63, 3.8) is 0 Å². The largest absolute Gasteiger partial charge is 0.481 e. The number of carboxylic acid groups (broad SMARTS) is 1. The number of hydrogen-bond acceptors (Lipinski definition) is 3. The normalized spacial score (nSPS) is 11.9. The molecule has 0 radical (unpaired) electrons. The van der Waals surface area contributed by atoms with E-state index in [-0.39, 0.29) is 13.0 Å². The lowest BCUT2D eigenvalue weighted by Crippen LogP contribution is -2.39. The van der Waals surface area contributed by atoms with Crippen molar-refractivity contribution in [3.8, 4) is 0 Å². The second-order valence-corrected chi connectivity index (χ2v) is 5.43. The standard InChI is InChI=1S/C9H20N2O4S/c1-3-4-8-11(2)16(14,15)10-7-5-6-9(12)13/h10H,3-8H2,1-2H3,(H,12,13). The number of carboxylic acids is 1. The van der Waals surface area contributed by atoms with Gasteiger partial charge < -0.3 is 5.11 Å². The van der Waals surface area contributed by atoms with E-state index in [0.29, 0.717) is 13.0 Å². The highest BCUT2D eigenvalue weighted by Crippen LogP contribution is 1.98. The summed E-state index contributed by atoms with van der Waals surface area (Å²) in [4.78, 5) is 10.2. The van der Waals surface area contributed by atoms with Gasteiger partial charge in [-0.1, -0.05) is 13.3 Å². The number of aliphatic carboxylic acids is 1. The van der Waals surface area contributed by atoms with E-state index in [1.807, 2.05) is 6.92 Å². The number of carbonyl (C=O) groups is 1. The maximum Gasteiger partial charge on any atom is 0.303 e. The van der Waals surface area contributed by atoms with Gasteiger partial charge in [0.2, 0.25) is 0 Å². The molecular weight excluding hydrogens is 232 g/mol. The van der Waals surface area contributed by atoms with Crippen LogP contribution in [0.25, 0.3) is 0 Å². The Morgan fingerprint density at radius 2 is 2.00 bits per heavy atom. The monoisotopic (exact) mass is 252 g/mol. The minimum Gasteiger partial charge on any atom is -0.481 e. The molecule has 0 aliphatic carbocycles. The van der Waals surface area contributed by atoms with Gasteiger partial charge in [0, 0.05) is 26.6 Å². The summed E-state index contributed by atoms with van der Waals surface area (Å²) < 4.78 is 26.7. The second kappa shape index (κ2) is 7.59. The van der Waals surface area contributed by atoms with E-state index in [0.717, 1.165) is 12.8 Å². The molecule has 0 aromatic heterocycles. The summed E-state index contributed by atoms with van der Waals surface area (Å²) in [6, 6.07) is 0. The lowest BCUT2D eigenvalue weighted by atomic mass is 10.3. The van der Waals surface area contributed by atoms with Crippen LogP contribution in [0.15, 0.2) is 0 Å². The number of rotatable bonds is 9. The topological polar surface area (TPSA) is 86.7 Å². The number of nitrogens with zero attached hydrogens (tertiary/aromatic N) is 1. The molecule has 0 amide bonds. The molecule has 0 aliphatic rings. The fourth-order valence-corrected chi connectivity index (χ4v) is 2.04. The van der Waals surface area contributed by atoms with Crippen molar-refractivity contribution < 1.29 is 18.3 Å². The molecule has 0 rings (SSSR count). The van der Waals surface area contributed by atoms with Crippen LogP contribution >= 0.6 is 0 Å². The maximum atomic E-state index is 11.5. The van der Waals surface area contributed by atoms with Gasteiger partial charge in [-0.05, 0) is 12.8 Å². The SMILES string of the molecule is CCCCN(C)S(=O)(=O)NCCCC(=O)O. The summed E-state index contributed by atoms with van der Waals surface area (Å²) >= 11 is 0. The number of nitrogens with one attached hydrogen (secondary N) is 1. The zero-order valence-corrected chi connectivity index (χ0v) is 10.6. The van der Waals surface area contributed by atoms with Crippen LogP contribution in [0.4, 0.5) is 0 Å². The molecule has 0 aliphatic heterocycles. The van der Waals surface area contributed by atoms with Crippen molar-refractivity contribution in [3.05, 3.63) is 0 Å². The van der Waals surface area contributed by atoms with E-state index in [4.69, 9.17) is 5.11 Å². The van der Waals surface area contributed by atoms with Crippen LogP contribution in [-0.4, -0.2) is 43.9 Å². The van der Waals surface area contributed by atoms with Gasteiger partial charge in [0.1, 0.15) is 0 Å². The van der Waals surface area contributed by atoms with E-state index >= 15 is 0 Å². The van der Waals surface area contributed by atoms with Crippen LogP contribution < -0.4 is 4.72 Å². The lowest BCUT2D eigenvalue weighted by Gasteiger charge is -2.16. The van der Waals surface area contributed by atoms with Crippen LogP contribution in [-0.2, 0) is 15.0 Å². The molecule has 0 heterocycles. The van der Waals surface area contributed by atoms with E-state index in [9.17, 15) is 13.2 Å². The zero-order valence-electron chi connectivity index (χ0n) is 9.77. The number of hydrogen-bond donors (Lipinski definition) is 2. The Bertz CT molecular complexity index is 303. The minimum atomic E-state index is -3.44. The molecule has 6 nitrogen and oxygen atoms in total. The molecule has 96 valence electrons. The fraction of sp³-hybridized carbons (Fsp3) is 0.889. The molecule has 16 heavy (non-hydrogen) atoms. The molecule has 7 heteroatoms. The molecule has 0 bridgehead atoms. The quantitative estimate of drug-likeness (QED) is 0.582. The van der Waals surface area contributed by atoms with Crippen LogP contribution in [0.3, 0.4) is 0 Å². The third kappa shape index (κ3) is 6.76. The van der Waals surface area contributed by atoms with E-state index in [1.54, 1.807) is 0 Å². The van der Waals surface area contributed by atoms with Crippen molar-refractivity contribution in [2.75, 3.05) is 20.1 Å². The minimum absolute atomic E-state index is 0.0266. The Hall–Kier alpha value is -0.660. The van der Waals surface area contributed by atoms with Gasteiger partial charge in [0.25, 0.3) is 10.2 Å². The third-order valence-electron chi connectivity index (χ3n) is 2.09. The predicted octanol–water partition coefficient (Wildman–Crippen LogP) is 0.418. The van der Waals surface area contributed by atoms with Gasteiger partial charge in [-0.2, -0.15) is 12.7 Å². The Balaban J connectivity index is 3.90. The first-order chi connectivity index (χ1) is 7.40. The van der Waals surface area contributed by atoms with Gasteiger partial charge in [-0.3, -0.25) is 4.79 Å². The predicted molar refractivity (Wildman–Crippen MR) is 61.3 cm³/mol. The molecule has 0 aromatic rings. The highest BCUT2D eigenvalue weighted by molar-refractivity contribution is 7.87. The zero-order chi connectivity index (χ0) is 12.6. The Labute approximate surface area is 96.8 Å². The van der Waals surface area contributed by atoms with Crippen molar-refractivity contribution in [2.45, 2.75) is 32.6 Å². The van der Waals surface area contributed by atoms with Crippen molar-refractivity contribution in [1.82, 2.24) is 9.03 Å². The molecule has 0 saturated carbocycles. The summed E-state index contributed by atoms with van der Waals surface area (Å²) in [6.45, 7) is 2.62. The average Bonchev–Trinajstić information content (AvgIpc) is 2.20. The summed E-state index contributed by atoms with van der Waals surface area (Å²) in [7, 11) is -1.93. The van der Waals surface area contributed by atoms with Gasteiger partial charge in [0.05, 0.1) is 0 Å². The van der Waals surface area contributed by atoms with Crippen molar-refractivity contribution in [2.24, 2.45) is 0 Å². The van der Waals surface area contributed by atoms with E-state index < -0.39 is 16.2 Å². The highest BCUT2D eigenvalue weighted by Gasteiger charge is 2.15. The van der Waals surface area contributed by atoms with Crippen LogP contribution in [0.2, 0.25) is 0 Å². The smallest absolute Gasteiger partial charge is 0.303 e. The fourth-order valence-electron chi connectivity index (χ4n) is 1.05. The lowest BCUT2D eigenvalue weighted by molar-refractivity contribution is -0.137. The summed E-state index contributed by atoms with van der Waals surface area (Å²) in [5.41, 5.74) is 0. The molecular formula is C9H20N2O4S. The molecule has 0 spiro atoms. The first-order valence-electron chi connectivity index (χ1n) is 5.33. The second-order valence-electron chi connectivity index (χ2n) is 3.57. The first-order valence-corrected chi connectivity index (χ1v) is 6.77. The highest BCUT2D eigenvalue weighted by atomic mass is 32.2. The first kappa shape index (κ1) is 15.3. The van der Waals surface area contributed by atoms with Gasteiger partial charge in [-0.15, -0.1) is 0 Å². The van der Waals surface area contributed by atoms with Gasteiger partial charge in [-0.25, -0.2) is 4.72 Å². The van der Waals surface area contributed by atoms with Gasteiger partial charge >= 0.3 is 5.97 Å². The Morgan fingerprint density at radius 1 is 1.38 bits per heavy atom. The average molecular weight is 252 g/mol. The van der Waals surface area contributed by atoms with E-state index in [2.05, 4.69) is 4.72 Å². The molecule has 0 fully saturated rings. The molecule has 0 saturated heterocycles. The van der Waals surface area contributed by atoms with Crippen LogP contribution in [0.5, 0.6) is 0 Å². The number of unbranched alkanes of at least 4 members (excludes halogenated alkanes) is 1. The third-order valence-corrected chi connectivity index (χ3v) is 3.66. The Morgan fingerprint density at radius 3 is 2.50 bits per heavy atom. The molecule has 0 aromatic carbocycles. The van der Waals surface area contributed by atoms with Crippen LogP contribution in [0, 0.1) is 0 Å². The van der Waals surface area contributed by atoms with Gasteiger partial charge in [0.15, 0.2) is 0 Å².